The molecular weight excluding hydrogens is 136 g/mol. The van der Waals surface area contributed by atoms with Gasteiger partial charge >= 0.3 is 0 Å². The molecule has 0 N–H and O–H groups in total. The molecule has 0 spiro atoms. The maximum absolute atomic E-state index is 4.34. The average Bonchev–Trinajstić information content (AvgIpc) is 2.45. The van der Waals surface area contributed by atoms with Crippen molar-refractivity contribution in [2.75, 3.05) is 0 Å². The Morgan fingerprint density at radius 2 is 2.00 bits per heavy atom. The van der Waals surface area contributed by atoms with E-state index in [1.54, 1.807) is 0 Å². The molecule has 0 unspecified atom stereocenters. The van der Waals surface area contributed by atoms with Gasteiger partial charge in [-0.15, -0.1) is 0 Å². The maximum Gasteiger partial charge on any atom is 0.0951 e. The molecule has 0 aliphatic heterocycles. The van der Waals surface area contributed by atoms with E-state index in [4.69, 9.17) is 0 Å². The standard InChI is InChI=1S/C9H16N2/c1-4-8-9(5-2)11(6-3)7-10-8/h7H,4-6H2,1-3H3. The Morgan fingerprint density at radius 1 is 1.27 bits per heavy atom. The van der Waals surface area contributed by atoms with Crippen LogP contribution < -0.4 is 0 Å². The number of imidazole rings is 1. The van der Waals surface area contributed by atoms with E-state index < -0.39 is 0 Å². The van der Waals surface area contributed by atoms with Gasteiger partial charge in [-0.05, 0) is 19.8 Å². The molecule has 0 radical (unpaired) electrons. The van der Waals surface area contributed by atoms with Crippen LogP contribution in [0.15, 0.2) is 6.33 Å². The lowest BCUT2D eigenvalue weighted by atomic mass is 10.2. The lowest BCUT2D eigenvalue weighted by molar-refractivity contribution is 0.713. The fourth-order valence-corrected chi connectivity index (χ4v) is 1.42. The fourth-order valence-electron chi connectivity index (χ4n) is 1.42. The highest BCUT2D eigenvalue weighted by Gasteiger charge is 2.04. The van der Waals surface area contributed by atoms with Gasteiger partial charge in [-0.2, -0.15) is 0 Å². The summed E-state index contributed by atoms with van der Waals surface area (Å²) in [6.07, 6.45) is 4.09. The van der Waals surface area contributed by atoms with E-state index in [9.17, 15) is 0 Å². The molecule has 62 valence electrons. The minimum atomic E-state index is 1.04. The Hall–Kier alpha value is -0.790. The number of hydrogen-bond donors (Lipinski definition) is 0. The molecule has 0 amide bonds. The van der Waals surface area contributed by atoms with E-state index in [0.29, 0.717) is 0 Å². The second kappa shape index (κ2) is 3.56. The van der Waals surface area contributed by atoms with Gasteiger partial charge in [0.25, 0.3) is 0 Å². The molecule has 0 aliphatic rings. The van der Waals surface area contributed by atoms with Gasteiger partial charge in [-0.3, -0.25) is 0 Å². The Morgan fingerprint density at radius 3 is 2.45 bits per heavy atom. The predicted octanol–water partition coefficient (Wildman–Crippen LogP) is 2.03. The summed E-state index contributed by atoms with van der Waals surface area (Å²) < 4.78 is 2.22. The molecule has 0 fully saturated rings. The van der Waals surface area contributed by atoms with Gasteiger partial charge in [-0.25, -0.2) is 4.98 Å². The smallest absolute Gasteiger partial charge is 0.0951 e. The second-order valence-electron chi connectivity index (χ2n) is 2.63. The van der Waals surface area contributed by atoms with Gasteiger partial charge in [0.15, 0.2) is 0 Å². The van der Waals surface area contributed by atoms with Gasteiger partial charge < -0.3 is 4.57 Å². The summed E-state index contributed by atoms with van der Waals surface area (Å²) in [6, 6.07) is 0. The predicted molar refractivity (Wildman–Crippen MR) is 46.7 cm³/mol. The van der Waals surface area contributed by atoms with Crippen molar-refractivity contribution in [3.63, 3.8) is 0 Å². The number of aromatic nitrogens is 2. The second-order valence-corrected chi connectivity index (χ2v) is 2.63. The summed E-state index contributed by atoms with van der Waals surface area (Å²) in [5, 5.41) is 0. The lowest BCUT2D eigenvalue weighted by Crippen LogP contribution is -1.99. The first-order valence-corrected chi connectivity index (χ1v) is 4.36. The van der Waals surface area contributed by atoms with Crippen molar-refractivity contribution in [3.05, 3.63) is 17.7 Å². The molecule has 1 aromatic rings. The van der Waals surface area contributed by atoms with Crippen molar-refractivity contribution in [2.45, 2.75) is 40.2 Å². The number of nitrogens with zero attached hydrogens (tertiary/aromatic N) is 2. The van der Waals surface area contributed by atoms with Crippen LogP contribution in [0.2, 0.25) is 0 Å². The molecule has 11 heavy (non-hydrogen) atoms. The van der Waals surface area contributed by atoms with E-state index in [-0.39, 0.29) is 0 Å². The van der Waals surface area contributed by atoms with Gasteiger partial charge in [0.1, 0.15) is 0 Å². The molecule has 0 saturated heterocycles. The zero-order valence-electron chi connectivity index (χ0n) is 7.59. The van der Waals surface area contributed by atoms with Crippen molar-refractivity contribution in [1.82, 2.24) is 9.55 Å². The molecular formula is C9H16N2. The first-order chi connectivity index (χ1) is 5.33. The topological polar surface area (TPSA) is 17.8 Å². The Kier molecular flexibility index (Phi) is 2.69. The quantitative estimate of drug-likeness (QED) is 0.648. The van der Waals surface area contributed by atoms with E-state index >= 15 is 0 Å². The lowest BCUT2D eigenvalue weighted by Gasteiger charge is -2.02. The summed E-state index contributed by atoms with van der Waals surface area (Å²) in [7, 11) is 0. The van der Waals surface area contributed by atoms with Crippen LogP contribution in [0.3, 0.4) is 0 Å². The van der Waals surface area contributed by atoms with E-state index in [1.165, 1.54) is 11.4 Å². The van der Waals surface area contributed by atoms with Crippen molar-refractivity contribution in [1.29, 1.82) is 0 Å². The fraction of sp³-hybridized carbons (Fsp3) is 0.667. The van der Waals surface area contributed by atoms with Crippen molar-refractivity contribution in [3.8, 4) is 0 Å². The molecule has 0 bridgehead atoms. The van der Waals surface area contributed by atoms with Gasteiger partial charge in [0.05, 0.1) is 12.0 Å². The van der Waals surface area contributed by atoms with Crippen LogP contribution in [-0.4, -0.2) is 9.55 Å². The van der Waals surface area contributed by atoms with Crippen molar-refractivity contribution >= 4 is 0 Å². The van der Waals surface area contributed by atoms with Crippen molar-refractivity contribution < 1.29 is 0 Å². The van der Waals surface area contributed by atoms with Crippen LogP contribution >= 0.6 is 0 Å². The summed E-state index contributed by atoms with van der Waals surface area (Å²) in [6.45, 7) is 7.53. The highest BCUT2D eigenvalue weighted by molar-refractivity contribution is 5.12. The molecule has 0 aliphatic carbocycles. The molecule has 2 heteroatoms. The SMILES string of the molecule is CCc1ncn(CC)c1CC. The number of aryl methyl sites for hydroxylation is 2. The van der Waals surface area contributed by atoms with Crippen LogP contribution in [-0.2, 0) is 19.4 Å². The van der Waals surface area contributed by atoms with Crippen LogP contribution in [0.25, 0.3) is 0 Å². The summed E-state index contributed by atoms with van der Waals surface area (Å²) in [5.41, 5.74) is 2.66. The summed E-state index contributed by atoms with van der Waals surface area (Å²) in [4.78, 5) is 4.34. The number of rotatable bonds is 3. The van der Waals surface area contributed by atoms with Crippen molar-refractivity contribution in [2.24, 2.45) is 0 Å². The molecule has 0 saturated carbocycles. The van der Waals surface area contributed by atoms with Crippen LogP contribution in [0.5, 0.6) is 0 Å². The van der Waals surface area contributed by atoms with E-state index in [2.05, 4.69) is 30.3 Å². The first kappa shape index (κ1) is 8.31. The van der Waals surface area contributed by atoms with Gasteiger partial charge in [-0.1, -0.05) is 13.8 Å². The molecule has 1 rings (SSSR count). The minimum absolute atomic E-state index is 1.04. The van der Waals surface area contributed by atoms with Gasteiger partial charge in [0, 0.05) is 12.2 Å². The monoisotopic (exact) mass is 152 g/mol. The highest BCUT2D eigenvalue weighted by Crippen LogP contribution is 2.08. The Bertz CT molecular complexity index is 204. The zero-order chi connectivity index (χ0) is 8.27. The normalized spacial score (nSPS) is 10.5. The number of hydrogen-bond acceptors (Lipinski definition) is 1. The van der Waals surface area contributed by atoms with Crippen LogP contribution in [0, 0.1) is 0 Å². The average molecular weight is 152 g/mol. The summed E-state index contributed by atoms with van der Waals surface area (Å²) in [5.74, 6) is 0. The molecule has 0 atom stereocenters. The molecule has 1 heterocycles. The largest absolute Gasteiger partial charge is 0.335 e. The third-order valence-corrected chi connectivity index (χ3v) is 2.04. The zero-order valence-corrected chi connectivity index (χ0v) is 7.59. The summed E-state index contributed by atoms with van der Waals surface area (Å²) >= 11 is 0. The third-order valence-electron chi connectivity index (χ3n) is 2.04. The Balaban J connectivity index is 2.99. The highest BCUT2D eigenvalue weighted by atomic mass is 15.0. The van der Waals surface area contributed by atoms with Gasteiger partial charge in [0.2, 0.25) is 0 Å². The van der Waals surface area contributed by atoms with Crippen LogP contribution in [0.1, 0.15) is 32.2 Å². The van der Waals surface area contributed by atoms with E-state index in [0.717, 1.165) is 19.4 Å². The maximum atomic E-state index is 4.34. The minimum Gasteiger partial charge on any atom is -0.335 e. The molecule has 1 aromatic heterocycles. The Labute approximate surface area is 68.3 Å². The molecule has 2 nitrogen and oxygen atoms in total. The van der Waals surface area contributed by atoms with Crippen LogP contribution in [0.4, 0.5) is 0 Å². The van der Waals surface area contributed by atoms with E-state index in [1.807, 2.05) is 6.33 Å². The first-order valence-electron chi connectivity index (χ1n) is 4.36. The molecule has 0 aromatic carbocycles. The third kappa shape index (κ3) is 1.44.